The summed E-state index contributed by atoms with van der Waals surface area (Å²) in [4.78, 5) is 13.6. The van der Waals surface area contributed by atoms with Gasteiger partial charge in [0.2, 0.25) is 0 Å². The fraction of sp³-hybridized carbons (Fsp3) is 0.944. The van der Waals surface area contributed by atoms with Crippen LogP contribution in [0.2, 0.25) is 0 Å². The van der Waals surface area contributed by atoms with Crippen LogP contribution in [0.5, 0.6) is 0 Å². The smallest absolute Gasteiger partial charge is 0.410 e. The molecule has 22 heavy (non-hydrogen) atoms. The zero-order valence-corrected chi connectivity index (χ0v) is 15.7. The van der Waals surface area contributed by atoms with Crippen LogP contribution in [0.15, 0.2) is 0 Å². The van der Waals surface area contributed by atoms with Gasteiger partial charge in [-0.15, -0.1) is 0 Å². The molecule has 1 saturated carbocycles. The van der Waals surface area contributed by atoms with E-state index in [0.29, 0.717) is 23.9 Å². The highest BCUT2D eigenvalue weighted by molar-refractivity contribution is 5.67. The van der Waals surface area contributed by atoms with Gasteiger partial charge in [0, 0.05) is 26.2 Å². The number of amides is 1. The van der Waals surface area contributed by atoms with Crippen LogP contribution in [0.1, 0.15) is 67.2 Å². The van der Waals surface area contributed by atoms with Crippen LogP contribution in [0.3, 0.4) is 0 Å². The third-order valence-electron chi connectivity index (χ3n) is 4.44. The molecule has 1 aliphatic carbocycles. The van der Waals surface area contributed by atoms with Crippen LogP contribution in [-0.2, 0) is 4.74 Å². The number of hydrogen-bond acceptors (Lipinski definition) is 3. The molecule has 2 atom stereocenters. The minimum absolute atomic E-state index is 0.245. The lowest BCUT2D eigenvalue weighted by Crippen LogP contribution is -2.47. The molecule has 2 unspecified atom stereocenters. The number of likely N-dealkylation sites (N-methyl/N-ethyl adjacent to an activating group) is 1. The van der Waals surface area contributed by atoms with E-state index in [0.717, 1.165) is 6.54 Å². The lowest BCUT2D eigenvalue weighted by molar-refractivity contribution is 0.0295. The van der Waals surface area contributed by atoms with Crippen molar-refractivity contribution in [3.8, 4) is 0 Å². The highest BCUT2D eigenvalue weighted by Gasteiger charge is 2.33. The first-order chi connectivity index (χ1) is 10.0. The van der Waals surface area contributed by atoms with Gasteiger partial charge in [-0.1, -0.05) is 33.6 Å². The fourth-order valence-electron chi connectivity index (χ4n) is 3.26. The third kappa shape index (κ3) is 6.55. The molecule has 0 radical (unpaired) electrons. The molecule has 0 aliphatic heterocycles. The van der Waals surface area contributed by atoms with Crippen molar-refractivity contribution in [2.45, 2.75) is 78.9 Å². The molecular weight excluding hydrogens is 276 g/mol. The fourth-order valence-corrected chi connectivity index (χ4v) is 3.26. The molecule has 4 nitrogen and oxygen atoms in total. The normalized spacial score (nSPS) is 23.2. The lowest BCUT2D eigenvalue weighted by atomic mass is 9.69. The molecule has 0 heterocycles. The highest BCUT2D eigenvalue weighted by Crippen LogP contribution is 2.37. The number of hydrogen-bond donors (Lipinski definition) is 1. The number of nitrogens with one attached hydrogen (secondary N) is 1. The molecule has 0 aromatic carbocycles. The Kier molecular flexibility index (Phi) is 6.72. The SMILES string of the molecule is CN(CCNC1CCCCC1C(C)(C)C)C(=O)OC(C)(C)C. The van der Waals surface area contributed by atoms with E-state index in [4.69, 9.17) is 4.74 Å². The van der Waals surface area contributed by atoms with E-state index in [1.165, 1.54) is 25.7 Å². The van der Waals surface area contributed by atoms with Gasteiger partial charge in [0.05, 0.1) is 0 Å². The number of nitrogens with zero attached hydrogens (tertiary/aromatic N) is 1. The molecule has 1 amide bonds. The maximum absolute atomic E-state index is 11.9. The summed E-state index contributed by atoms with van der Waals surface area (Å²) in [5, 5.41) is 3.68. The molecule has 0 aromatic heterocycles. The molecule has 130 valence electrons. The Morgan fingerprint density at radius 1 is 1.14 bits per heavy atom. The van der Waals surface area contributed by atoms with Crippen LogP contribution < -0.4 is 5.32 Å². The first-order valence-electron chi connectivity index (χ1n) is 8.68. The van der Waals surface area contributed by atoms with Gasteiger partial charge in [-0.25, -0.2) is 4.79 Å². The summed E-state index contributed by atoms with van der Waals surface area (Å²) in [5.74, 6) is 0.716. The minimum Gasteiger partial charge on any atom is -0.444 e. The maximum atomic E-state index is 11.9. The van der Waals surface area contributed by atoms with Crippen LogP contribution in [0.4, 0.5) is 4.79 Å². The summed E-state index contributed by atoms with van der Waals surface area (Å²) >= 11 is 0. The summed E-state index contributed by atoms with van der Waals surface area (Å²) in [6.07, 6.45) is 4.97. The summed E-state index contributed by atoms with van der Waals surface area (Å²) in [5.41, 5.74) is -0.0887. The number of carbonyl (C=O) groups is 1. The Hall–Kier alpha value is -0.770. The largest absolute Gasteiger partial charge is 0.444 e. The van der Waals surface area contributed by atoms with E-state index in [2.05, 4.69) is 26.1 Å². The first kappa shape index (κ1) is 19.3. The molecular formula is C18H36N2O2. The second-order valence-corrected chi connectivity index (χ2v) is 8.72. The predicted octanol–water partition coefficient (Wildman–Crippen LogP) is 4.05. The monoisotopic (exact) mass is 312 g/mol. The zero-order chi connectivity index (χ0) is 17.0. The molecule has 0 bridgehead atoms. The van der Waals surface area contributed by atoms with Crippen molar-refractivity contribution >= 4 is 6.09 Å². The molecule has 0 saturated heterocycles. The van der Waals surface area contributed by atoms with Crippen LogP contribution in [0, 0.1) is 11.3 Å². The average Bonchev–Trinajstić information content (AvgIpc) is 2.36. The molecule has 1 rings (SSSR count). The van der Waals surface area contributed by atoms with Gasteiger partial charge in [-0.2, -0.15) is 0 Å². The molecule has 0 aromatic rings. The minimum atomic E-state index is -0.431. The van der Waals surface area contributed by atoms with Gasteiger partial charge in [-0.05, 0) is 44.9 Å². The summed E-state index contributed by atoms with van der Waals surface area (Å²) in [7, 11) is 1.80. The molecule has 4 heteroatoms. The van der Waals surface area contributed by atoms with Crippen molar-refractivity contribution in [2.24, 2.45) is 11.3 Å². The van der Waals surface area contributed by atoms with Gasteiger partial charge in [-0.3, -0.25) is 0 Å². The van der Waals surface area contributed by atoms with Crippen LogP contribution in [0.25, 0.3) is 0 Å². The first-order valence-corrected chi connectivity index (χ1v) is 8.68. The number of rotatable bonds is 4. The van der Waals surface area contributed by atoms with Gasteiger partial charge in [0.15, 0.2) is 0 Å². The van der Waals surface area contributed by atoms with Crippen LogP contribution in [-0.4, -0.2) is 42.8 Å². The second kappa shape index (κ2) is 7.67. The predicted molar refractivity (Wildman–Crippen MR) is 92.1 cm³/mol. The van der Waals surface area contributed by atoms with Crippen molar-refractivity contribution in [2.75, 3.05) is 20.1 Å². The van der Waals surface area contributed by atoms with E-state index in [1.807, 2.05) is 20.8 Å². The van der Waals surface area contributed by atoms with Gasteiger partial charge < -0.3 is 15.0 Å². The molecule has 0 spiro atoms. The number of carbonyl (C=O) groups excluding carboxylic acids is 1. The summed E-state index contributed by atoms with van der Waals surface area (Å²) in [6, 6.07) is 0.570. The lowest BCUT2D eigenvalue weighted by Gasteiger charge is -2.41. The molecule has 1 aliphatic rings. The Morgan fingerprint density at radius 3 is 2.27 bits per heavy atom. The Labute approximate surface area is 137 Å². The summed E-state index contributed by atoms with van der Waals surface area (Å²) in [6.45, 7) is 14.2. The maximum Gasteiger partial charge on any atom is 0.410 e. The quantitative estimate of drug-likeness (QED) is 0.851. The Balaban J connectivity index is 2.40. The van der Waals surface area contributed by atoms with Crippen molar-refractivity contribution in [3.05, 3.63) is 0 Å². The third-order valence-corrected chi connectivity index (χ3v) is 4.44. The van der Waals surface area contributed by atoms with Gasteiger partial charge >= 0.3 is 6.09 Å². The topological polar surface area (TPSA) is 41.6 Å². The average molecular weight is 312 g/mol. The van der Waals surface area contributed by atoms with Crippen molar-refractivity contribution in [3.63, 3.8) is 0 Å². The van der Waals surface area contributed by atoms with Crippen molar-refractivity contribution in [1.29, 1.82) is 0 Å². The van der Waals surface area contributed by atoms with Crippen molar-refractivity contribution in [1.82, 2.24) is 10.2 Å². The van der Waals surface area contributed by atoms with Gasteiger partial charge in [0.25, 0.3) is 0 Å². The standard InChI is InChI=1S/C18H36N2O2/c1-17(2,3)14-10-8-9-11-15(14)19-12-13-20(7)16(21)22-18(4,5)6/h14-15,19H,8-13H2,1-7H3. The van der Waals surface area contributed by atoms with E-state index in [9.17, 15) is 4.79 Å². The van der Waals surface area contributed by atoms with Crippen LogP contribution >= 0.6 is 0 Å². The van der Waals surface area contributed by atoms with E-state index in [-0.39, 0.29) is 6.09 Å². The Bertz CT molecular complexity index is 355. The Morgan fingerprint density at radius 2 is 1.73 bits per heavy atom. The van der Waals surface area contributed by atoms with E-state index >= 15 is 0 Å². The molecule has 1 fully saturated rings. The second-order valence-electron chi connectivity index (χ2n) is 8.72. The molecule has 1 N–H and O–H groups in total. The van der Waals surface area contributed by atoms with Gasteiger partial charge in [0.1, 0.15) is 5.60 Å². The van der Waals surface area contributed by atoms with E-state index < -0.39 is 5.60 Å². The number of ether oxygens (including phenoxy) is 1. The zero-order valence-electron chi connectivity index (χ0n) is 15.7. The van der Waals surface area contributed by atoms with Crippen molar-refractivity contribution < 1.29 is 9.53 Å². The van der Waals surface area contributed by atoms with E-state index in [1.54, 1.807) is 11.9 Å². The summed E-state index contributed by atoms with van der Waals surface area (Å²) < 4.78 is 5.38. The highest BCUT2D eigenvalue weighted by atomic mass is 16.6.